The summed E-state index contributed by atoms with van der Waals surface area (Å²) in [5, 5.41) is 2.54. The molecule has 2 rings (SSSR count). The Labute approximate surface area is 111 Å². The van der Waals surface area contributed by atoms with Gasteiger partial charge in [-0.15, -0.1) is 0 Å². The van der Waals surface area contributed by atoms with Gasteiger partial charge < -0.3 is 0 Å². The quantitative estimate of drug-likeness (QED) is 0.738. The highest BCUT2D eigenvalue weighted by Gasteiger charge is 2.22. The van der Waals surface area contributed by atoms with Gasteiger partial charge in [-0.1, -0.05) is 61.0 Å². The van der Waals surface area contributed by atoms with Crippen molar-refractivity contribution >= 4 is 26.7 Å². The molecular formula is C15H18BrN. The van der Waals surface area contributed by atoms with E-state index in [2.05, 4.69) is 72.0 Å². The van der Waals surface area contributed by atoms with Gasteiger partial charge in [-0.2, -0.15) is 0 Å². The number of nitrogens with zero attached hydrogens (tertiary/aromatic N) is 1. The molecular weight excluding hydrogens is 274 g/mol. The van der Waals surface area contributed by atoms with Crippen LogP contribution in [-0.4, -0.2) is 9.81 Å². The molecule has 1 aromatic heterocycles. The van der Waals surface area contributed by atoms with Crippen molar-refractivity contribution in [2.45, 2.75) is 32.0 Å². The second kappa shape index (κ2) is 4.77. The lowest BCUT2D eigenvalue weighted by Crippen LogP contribution is -2.22. The molecule has 90 valence electrons. The number of hydrogen-bond acceptors (Lipinski definition) is 1. The Hall–Kier alpha value is -0.890. The molecule has 2 aromatic rings. The summed E-state index contributed by atoms with van der Waals surface area (Å²) < 4.78 is 0. The van der Waals surface area contributed by atoms with E-state index in [1.54, 1.807) is 0 Å². The van der Waals surface area contributed by atoms with Crippen LogP contribution in [0.15, 0.2) is 36.5 Å². The highest BCUT2D eigenvalue weighted by Crippen LogP contribution is 2.30. The molecule has 1 atom stereocenters. The zero-order valence-electron chi connectivity index (χ0n) is 10.6. The first-order chi connectivity index (χ1) is 7.98. The molecule has 0 bridgehead atoms. The van der Waals surface area contributed by atoms with Crippen molar-refractivity contribution in [2.24, 2.45) is 5.41 Å². The molecule has 0 fully saturated rings. The predicted octanol–water partition coefficient (Wildman–Crippen LogP) is 4.59. The molecule has 0 aliphatic rings. The van der Waals surface area contributed by atoms with Crippen molar-refractivity contribution in [1.29, 1.82) is 0 Å². The zero-order chi connectivity index (χ0) is 12.5. The number of aromatic nitrogens is 1. The van der Waals surface area contributed by atoms with Gasteiger partial charge in [0.2, 0.25) is 0 Å². The fourth-order valence-electron chi connectivity index (χ4n) is 1.82. The highest BCUT2D eigenvalue weighted by atomic mass is 79.9. The van der Waals surface area contributed by atoms with E-state index in [1.807, 2.05) is 6.20 Å². The summed E-state index contributed by atoms with van der Waals surface area (Å²) in [7, 11) is 0. The topological polar surface area (TPSA) is 12.9 Å². The summed E-state index contributed by atoms with van der Waals surface area (Å²) in [4.78, 5) is 4.97. The molecule has 0 aliphatic carbocycles. The molecule has 0 spiro atoms. The fourth-order valence-corrected chi connectivity index (χ4v) is 2.13. The average Bonchev–Trinajstić information content (AvgIpc) is 2.28. The molecule has 2 heteroatoms. The van der Waals surface area contributed by atoms with Gasteiger partial charge in [0.25, 0.3) is 0 Å². The summed E-state index contributed by atoms with van der Waals surface area (Å²) in [5.74, 6) is 0. The number of hydrogen-bond donors (Lipinski definition) is 0. The van der Waals surface area contributed by atoms with Crippen LogP contribution in [0.4, 0.5) is 0 Å². The number of alkyl halides is 1. The molecule has 0 saturated heterocycles. The highest BCUT2D eigenvalue weighted by molar-refractivity contribution is 9.09. The first-order valence-electron chi connectivity index (χ1n) is 5.95. The fraction of sp³-hybridized carbons (Fsp3) is 0.400. The van der Waals surface area contributed by atoms with Crippen molar-refractivity contribution in [3.63, 3.8) is 0 Å². The van der Waals surface area contributed by atoms with Gasteiger partial charge in [0.05, 0.1) is 0 Å². The van der Waals surface area contributed by atoms with E-state index in [4.69, 9.17) is 0 Å². The lowest BCUT2D eigenvalue weighted by atomic mass is 9.89. The third-order valence-electron chi connectivity index (χ3n) is 3.07. The van der Waals surface area contributed by atoms with Crippen LogP contribution in [0.25, 0.3) is 10.8 Å². The van der Waals surface area contributed by atoms with Crippen LogP contribution in [0.1, 0.15) is 26.5 Å². The zero-order valence-corrected chi connectivity index (χ0v) is 12.2. The van der Waals surface area contributed by atoms with Crippen LogP contribution in [-0.2, 0) is 6.42 Å². The number of benzene rings is 1. The molecule has 1 nitrogen and oxygen atoms in total. The maximum atomic E-state index is 4.53. The van der Waals surface area contributed by atoms with Crippen molar-refractivity contribution in [1.82, 2.24) is 4.98 Å². The summed E-state index contributed by atoms with van der Waals surface area (Å²) in [6.45, 7) is 6.74. The van der Waals surface area contributed by atoms with Crippen molar-refractivity contribution < 1.29 is 0 Å². The summed E-state index contributed by atoms with van der Waals surface area (Å²) >= 11 is 3.78. The van der Waals surface area contributed by atoms with Gasteiger partial charge in [0.1, 0.15) is 0 Å². The monoisotopic (exact) mass is 291 g/mol. The second-order valence-corrected chi connectivity index (χ2v) is 6.62. The molecule has 1 heterocycles. The van der Waals surface area contributed by atoms with Crippen molar-refractivity contribution in [3.8, 4) is 0 Å². The Bertz CT molecular complexity index is 508. The van der Waals surface area contributed by atoms with Crippen molar-refractivity contribution in [3.05, 3.63) is 42.2 Å². The number of halogens is 1. The Morgan fingerprint density at radius 3 is 2.59 bits per heavy atom. The van der Waals surface area contributed by atoms with Gasteiger partial charge in [0.15, 0.2) is 0 Å². The molecule has 0 saturated carbocycles. The van der Waals surface area contributed by atoms with E-state index >= 15 is 0 Å². The van der Waals surface area contributed by atoms with Gasteiger partial charge in [-0.3, -0.25) is 4.98 Å². The molecule has 0 N–H and O–H groups in total. The third kappa shape index (κ3) is 2.86. The molecule has 0 amide bonds. The summed E-state index contributed by atoms with van der Waals surface area (Å²) in [6, 6.07) is 10.5. The Balaban J connectivity index is 2.36. The second-order valence-electron chi connectivity index (χ2n) is 5.52. The van der Waals surface area contributed by atoms with E-state index in [9.17, 15) is 0 Å². The number of rotatable bonds is 2. The van der Waals surface area contributed by atoms with E-state index < -0.39 is 0 Å². The van der Waals surface area contributed by atoms with Crippen molar-refractivity contribution in [2.75, 3.05) is 0 Å². The smallest absolute Gasteiger partial charge is 0.0493 e. The molecule has 1 unspecified atom stereocenters. The first kappa shape index (κ1) is 12.6. The lowest BCUT2D eigenvalue weighted by Gasteiger charge is -2.25. The van der Waals surface area contributed by atoms with E-state index in [0.29, 0.717) is 4.83 Å². The molecule has 1 aromatic carbocycles. The predicted molar refractivity (Wildman–Crippen MR) is 77.6 cm³/mol. The van der Waals surface area contributed by atoms with E-state index in [-0.39, 0.29) is 5.41 Å². The van der Waals surface area contributed by atoms with Gasteiger partial charge in [-0.25, -0.2) is 0 Å². The maximum Gasteiger partial charge on any atom is 0.0493 e. The minimum Gasteiger partial charge on any atom is -0.261 e. The van der Waals surface area contributed by atoms with Crippen LogP contribution in [0.3, 0.4) is 0 Å². The first-order valence-corrected chi connectivity index (χ1v) is 6.87. The molecule has 0 radical (unpaired) electrons. The van der Waals surface area contributed by atoms with Crippen LogP contribution >= 0.6 is 15.9 Å². The third-order valence-corrected chi connectivity index (χ3v) is 4.77. The summed E-state index contributed by atoms with van der Waals surface area (Å²) in [6.07, 6.45) is 2.87. The Morgan fingerprint density at radius 1 is 1.18 bits per heavy atom. The Morgan fingerprint density at radius 2 is 1.88 bits per heavy atom. The number of fused-ring (bicyclic) bond motifs is 1. The van der Waals surface area contributed by atoms with E-state index in [1.165, 1.54) is 16.5 Å². The van der Waals surface area contributed by atoms with Crippen LogP contribution in [0.5, 0.6) is 0 Å². The standard InChI is InChI=1S/C15H18BrN/c1-15(2,3)14(16)10-13-12-7-5-4-6-11(12)8-9-17-13/h4-9,14H,10H2,1-3H3. The largest absolute Gasteiger partial charge is 0.261 e. The molecule has 0 aliphatic heterocycles. The average molecular weight is 292 g/mol. The van der Waals surface area contributed by atoms with Crippen LogP contribution in [0.2, 0.25) is 0 Å². The van der Waals surface area contributed by atoms with Crippen LogP contribution in [0, 0.1) is 5.41 Å². The minimum atomic E-state index is 0.249. The Kier molecular flexibility index (Phi) is 3.53. The lowest BCUT2D eigenvalue weighted by molar-refractivity contribution is 0.397. The summed E-state index contributed by atoms with van der Waals surface area (Å²) in [5.41, 5.74) is 1.43. The van der Waals surface area contributed by atoms with Gasteiger partial charge in [-0.05, 0) is 16.9 Å². The molecule has 17 heavy (non-hydrogen) atoms. The van der Waals surface area contributed by atoms with Crippen LogP contribution < -0.4 is 0 Å². The maximum absolute atomic E-state index is 4.53. The van der Waals surface area contributed by atoms with Gasteiger partial charge >= 0.3 is 0 Å². The number of pyridine rings is 1. The SMILES string of the molecule is CC(C)(C)C(Br)Cc1nccc2ccccc12. The normalized spacial score (nSPS) is 13.9. The van der Waals surface area contributed by atoms with E-state index in [0.717, 1.165) is 6.42 Å². The van der Waals surface area contributed by atoms with Gasteiger partial charge in [0, 0.05) is 28.5 Å². The minimum absolute atomic E-state index is 0.249.